The van der Waals surface area contributed by atoms with Gasteiger partial charge in [-0.05, 0) is 30.7 Å². The molecule has 0 spiro atoms. The monoisotopic (exact) mass is 293 g/mol. The lowest BCUT2D eigenvalue weighted by molar-refractivity contribution is -0.118. The molecular weight excluding hydrogens is 274 g/mol. The molecule has 0 fully saturated rings. The number of fused-ring (bicyclic) bond motifs is 1. The Hall–Kier alpha value is -2.05. The van der Waals surface area contributed by atoms with E-state index in [4.69, 9.17) is 14.2 Å². The van der Waals surface area contributed by atoms with Crippen LogP contribution in [0.1, 0.15) is 12.5 Å². The van der Waals surface area contributed by atoms with Crippen molar-refractivity contribution < 1.29 is 24.1 Å². The highest BCUT2D eigenvalue weighted by Crippen LogP contribution is 2.32. The molecule has 21 heavy (non-hydrogen) atoms. The Morgan fingerprint density at radius 1 is 1.48 bits per heavy atom. The van der Waals surface area contributed by atoms with Crippen molar-refractivity contribution in [1.29, 1.82) is 0 Å². The first-order valence-corrected chi connectivity index (χ1v) is 6.57. The summed E-state index contributed by atoms with van der Waals surface area (Å²) in [6, 6.07) is 5.43. The van der Waals surface area contributed by atoms with Gasteiger partial charge in [0.25, 0.3) is 0 Å². The number of ether oxygens (including phenoxy) is 3. The number of carbonyl (C=O) groups is 1. The maximum Gasteiger partial charge on any atom is 0.244 e. The zero-order chi connectivity index (χ0) is 15.3. The molecular formula is C15H19NO5. The maximum absolute atomic E-state index is 11.7. The highest BCUT2D eigenvalue weighted by Gasteiger charge is 2.20. The Balaban J connectivity index is 1.87. The van der Waals surface area contributed by atoms with E-state index in [1.165, 1.54) is 13.2 Å². The van der Waals surface area contributed by atoms with Crippen LogP contribution in [0.5, 0.6) is 11.5 Å². The molecule has 1 unspecified atom stereocenters. The summed E-state index contributed by atoms with van der Waals surface area (Å²) >= 11 is 0. The molecule has 0 aromatic heterocycles. The van der Waals surface area contributed by atoms with Gasteiger partial charge < -0.3 is 24.6 Å². The number of nitrogens with one attached hydrogen (secondary N) is 1. The van der Waals surface area contributed by atoms with Crippen molar-refractivity contribution >= 4 is 12.0 Å². The summed E-state index contributed by atoms with van der Waals surface area (Å²) in [5.74, 6) is 1.08. The minimum atomic E-state index is -1.09. The van der Waals surface area contributed by atoms with E-state index in [2.05, 4.69) is 5.32 Å². The summed E-state index contributed by atoms with van der Waals surface area (Å²) in [5.41, 5.74) is -0.255. The fourth-order valence-electron chi connectivity index (χ4n) is 1.89. The second-order valence-corrected chi connectivity index (χ2v) is 5.09. The normalized spacial score (nSPS) is 16.0. The van der Waals surface area contributed by atoms with E-state index in [0.29, 0.717) is 11.5 Å². The smallest absolute Gasteiger partial charge is 0.244 e. The van der Waals surface area contributed by atoms with Gasteiger partial charge in [-0.2, -0.15) is 0 Å². The quantitative estimate of drug-likeness (QED) is 0.763. The van der Waals surface area contributed by atoms with E-state index < -0.39 is 5.60 Å². The van der Waals surface area contributed by atoms with Gasteiger partial charge in [0.2, 0.25) is 12.7 Å². The molecule has 1 aliphatic rings. The molecule has 1 aromatic carbocycles. The lowest BCUT2D eigenvalue weighted by Crippen LogP contribution is -2.43. The molecule has 1 amide bonds. The van der Waals surface area contributed by atoms with Crippen LogP contribution in [0, 0.1) is 0 Å². The van der Waals surface area contributed by atoms with Crippen molar-refractivity contribution in [2.45, 2.75) is 12.5 Å². The number of carbonyl (C=O) groups excluding carboxylic acids is 1. The van der Waals surface area contributed by atoms with Crippen LogP contribution in [0.4, 0.5) is 0 Å². The van der Waals surface area contributed by atoms with E-state index in [1.54, 1.807) is 25.1 Å². The van der Waals surface area contributed by atoms with Crippen molar-refractivity contribution in [3.63, 3.8) is 0 Å². The summed E-state index contributed by atoms with van der Waals surface area (Å²) in [5, 5.41) is 12.5. The lowest BCUT2D eigenvalue weighted by Gasteiger charge is -2.21. The Kier molecular flexibility index (Phi) is 4.82. The van der Waals surface area contributed by atoms with Gasteiger partial charge in [0, 0.05) is 19.7 Å². The first-order chi connectivity index (χ1) is 10.00. The van der Waals surface area contributed by atoms with Gasteiger partial charge in [0.1, 0.15) is 5.60 Å². The van der Waals surface area contributed by atoms with E-state index in [9.17, 15) is 9.90 Å². The average molecular weight is 293 g/mol. The Labute approximate surface area is 123 Å². The number of amides is 1. The first-order valence-electron chi connectivity index (χ1n) is 6.57. The zero-order valence-corrected chi connectivity index (χ0v) is 12.1. The number of hydrogen-bond acceptors (Lipinski definition) is 5. The molecule has 0 aliphatic carbocycles. The van der Waals surface area contributed by atoms with Crippen LogP contribution in [0.3, 0.4) is 0 Å². The van der Waals surface area contributed by atoms with Gasteiger partial charge in [-0.1, -0.05) is 6.07 Å². The van der Waals surface area contributed by atoms with Gasteiger partial charge in [-0.15, -0.1) is 0 Å². The standard InChI is InChI=1S/C15H19NO5/c1-15(18,9-19-2)8-16-14(17)6-4-11-3-5-12-13(7-11)21-10-20-12/h3-7,18H,8-10H2,1-2H3,(H,16,17). The molecule has 1 aromatic rings. The number of hydrogen-bond donors (Lipinski definition) is 2. The van der Waals surface area contributed by atoms with Crippen molar-refractivity contribution in [3.05, 3.63) is 29.8 Å². The van der Waals surface area contributed by atoms with Gasteiger partial charge in [-0.3, -0.25) is 4.79 Å². The molecule has 1 heterocycles. The second kappa shape index (κ2) is 6.60. The van der Waals surface area contributed by atoms with Crippen LogP contribution < -0.4 is 14.8 Å². The minimum absolute atomic E-state index is 0.116. The number of aliphatic hydroxyl groups is 1. The number of rotatable bonds is 6. The molecule has 2 rings (SSSR count). The highest BCUT2D eigenvalue weighted by atomic mass is 16.7. The van der Waals surface area contributed by atoms with Crippen LogP contribution in [-0.2, 0) is 9.53 Å². The van der Waals surface area contributed by atoms with Crippen LogP contribution in [0.25, 0.3) is 6.08 Å². The third kappa shape index (κ3) is 4.47. The van der Waals surface area contributed by atoms with Gasteiger partial charge in [0.15, 0.2) is 11.5 Å². The Morgan fingerprint density at radius 2 is 2.24 bits per heavy atom. The summed E-state index contributed by atoms with van der Waals surface area (Å²) in [6.07, 6.45) is 3.07. The molecule has 6 nitrogen and oxygen atoms in total. The predicted molar refractivity (Wildman–Crippen MR) is 77.1 cm³/mol. The van der Waals surface area contributed by atoms with Crippen LogP contribution in [0.2, 0.25) is 0 Å². The van der Waals surface area contributed by atoms with Crippen LogP contribution >= 0.6 is 0 Å². The molecule has 0 saturated carbocycles. The first kappa shape index (κ1) is 15.3. The fraction of sp³-hybridized carbons (Fsp3) is 0.400. The van der Waals surface area contributed by atoms with E-state index in [0.717, 1.165) is 5.56 Å². The van der Waals surface area contributed by atoms with Crippen LogP contribution in [0.15, 0.2) is 24.3 Å². The SMILES string of the molecule is COCC(C)(O)CNC(=O)C=Cc1ccc2c(c1)OCO2. The van der Waals surface area contributed by atoms with Crippen molar-refractivity contribution in [2.75, 3.05) is 27.1 Å². The molecule has 0 radical (unpaired) electrons. The molecule has 1 atom stereocenters. The van der Waals surface area contributed by atoms with E-state index in [1.807, 2.05) is 6.07 Å². The Morgan fingerprint density at radius 3 is 3.00 bits per heavy atom. The molecule has 114 valence electrons. The summed E-state index contributed by atoms with van der Waals surface area (Å²) in [7, 11) is 1.50. The summed E-state index contributed by atoms with van der Waals surface area (Å²) in [6.45, 7) is 2.08. The van der Waals surface area contributed by atoms with Gasteiger partial charge in [0.05, 0.1) is 6.61 Å². The topological polar surface area (TPSA) is 77.0 Å². The molecule has 0 saturated heterocycles. The Bertz CT molecular complexity index is 539. The van der Waals surface area contributed by atoms with E-state index in [-0.39, 0.29) is 25.9 Å². The predicted octanol–water partition coefficient (Wildman–Crippen LogP) is 0.942. The molecule has 0 bridgehead atoms. The zero-order valence-electron chi connectivity index (χ0n) is 12.1. The second-order valence-electron chi connectivity index (χ2n) is 5.09. The van der Waals surface area contributed by atoms with Crippen LogP contribution in [-0.4, -0.2) is 43.7 Å². The molecule has 2 N–H and O–H groups in total. The molecule has 6 heteroatoms. The number of methoxy groups -OCH3 is 1. The third-order valence-electron chi connectivity index (χ3n) is 2.92. The molecule has 1 aliphatic heterocycles. The fourth-order valence-corrected chi connectivity index (χ4v) is 1.89. The average Bonchev–Trinajstić information content (AvgIpc) is 2.90. The van der Waals surface area contributed by atoms with Crippen molar-refractivity contribution in [3.8, 4) is 11.5 Å². The third-order valence-corrected chi connectivity index (χ3v) is 2.92. The highest BCUT2D eigenvalue weighted by molar-refractivity contribution is 5.91. The van der Waals surface area contributed by atoms with Crippen molar-refractivity contribution in [2.24, 2.45) is 0 Å². The van der Waals surface area contributed by atoms with E-state index >= 15 is 0 Å². The summed E-state index contributed by atoms with van der Waals surface area (Å²) in [4.78, 5) is 11.7. The lowest BCUT2D eigenvalue weighted by atomic mass is 10.1. The van der Waals surface area contributed by atoms with Crippen molar-refractivity contribution in [1.82, 2.24) is 5.32 Å². The number of benzene rings is 1. The maximum atomic E-state index is 11.7. The largest absolute Gasteiger partial charge is 0.454 e. The minimum Gasteiger partial charge on any atom is -0.454 e. The van der Waals surface area contributed by atoms with Gasteiger partial charge >= 0.3 is 0 Å². The van der Waals surface area contributed by atoms with Gasteiger partial charge in [-0.25, -0.2) is 0 Å². The summed E-state index contributed by atoms with van der Waals surface area (Å²) < 4.78 is 15.3.